The van der Waals surface area contributed by atoms with Crippen LogP contribution in [0.3, 0.4) is 0 Å². The third-order valence-corrected chi connectivity index (χ3v) is 6.30. The summed E-state index contributed by atoms with van der Waals surface area (Å²) in [5.74, 6) is 0.591. The summed E-state index contributed by atoms with van der Waals surface area (Å²) in [4.78, 5) is 18.9. The van der Waals surface area contributed by atoms with E-state index in [4.69, 9.17) is 24.3 Å². The lowest BCUT2D eigenvalue weighted by molar-refractivity contribution is -0.0367. The predicted molar refractivity (Wildman–Crippen MR) is 142 cm³/mol. The molecule has 0 saturated carbocycles. The number of carbonyl (C=O) groups excluding carboxylic acids is 1. The van der Waals surface area contributed by atoms with Crippen molar-refractivity contribution in [2.45, 2.75) is 65.7 Å². The van der Waals surface area contributed by atoms with Crippen LogP contribution >= 0.6 is 0 Å². The van der Waals surface area contributed by atoms with Gasteiger partial charge in [0.1, 0.15) is 12.2 Å². The molecule has 3 aromatic heterocycles. The lowest BCUT2D eigenvalue weighted by Crippen LogP contribution is -2.39. The van der Waals surface area contributed by atoms with Crippen molar-refractivity contribution in [2.24, 2.45) is 7.05 Å². The third-order valence-electron chi connectivity index (χ3n) is 6.30. The molecule has 37 heavy (non-hydrogen) atoms. The molecule has 10 nitrogen and oxygen atoms in total. The minimum Gasteiger partial charge on any atom is -0.475 e. The molecule has 1 unspecified atom stereocenters. The number of ether oxygens (including phenoxy) is 3. The highest BCUT2D eigenvalue weighted by molar-refractivity contribution is 5.90. The SMILES string of the molecule is C=Cc1nn(C2CCCCO2)c2cnc(-c3c(C)nn(C)c3OCCN(CC)C(=O)OC(C)(C)C)cc12. The van der Waals surface area contributed by atoms with Gasteiger partial charge in [0.05, 0.1) is 40.9 Å². The molecule has 0 aromatic carbocycles. The largest absolute Gasteiger partial charge is 0.475 e. The molecule has 3 aromatic rings. The second kappa shape index (κ2) is 10.9. The first-order chi connectivity index (χ1) is 17.6. The lowest BCUT2D eigenvalue weighted by Gasteiger charge is -2.26. The van der Waals surface area contributed by atoms with E-state index in [0.29, 0.717) is 19.0 Å². The van der Waals surface area contributed by atoms with E-state index in [-0.39, 0.29) is 18.9 Å². The molecule has 1 aliphatic heterocycles. The van der Waals surface area contributed by atoms with Gasteiger partial charge in [0.25, 0.3) is 0 Å². The van der Waals surface area contributed by atoms with Gasteiger partial charge in [-0.25, -0.2) is 14.2 Å². The maximum atomic E-state index is 12.5. The van der Waals surface area contributed by atoms with Crippen molar-refractivity contribution in [2.75, 3.05) is 26.3 Å². The van der Waals surface area contributed by atoms with Crippen LogP contribution in [-0.4, -0.2) is 67.4 Å². The number of rotatable bonds is 8. The number of aryl methyl sites for hydroxylation is 2. The highest BCUT2D eigenvalue weighted by Gasteiger charge is 2.25. The van der Waals surface area contributed by atoms with E-state index in [1.54, 1.807) is 15.7 Å². The summed E-state index contributed by atoms with van der Waals surface area (Å²) in [5.41, 5.74) is 3.48. The Balaban J connectivity index is 1.59. The first kappa shape index (κ1) is 26.7. The van der Waals surface area contributed by atoms with Crippen LogP contribution < -0.4 is 4.74 Å². The molecular formula is C27H38N6O4. The molecule has 0 spiro atoms. The van der Waals surface area contributed by atoms with Crippen molar-refractivity contribution < 1.29 is 19.0 Å². The molecule has 0 N–H and O–H groups in total. The van der Waals surface area contributed by atoms with E-state index in [1.165, 1.54) is 0 Å². The van der Waals surface area contributed by atoms with E-state index in [1.807, 2.05) is 58.6 Å². The number of carbonyl (C=O) groups is 1. The standard InChI is InChI=1S/C27H38N6O4/c1-8-20-19-16-21(28-17-22(19)33(30-20)23-12-10-11-14-35-23)24-18(3)29-31(7)25(24)36-15-13-32(9-2)26(34)37-27(4,5)6/h8,16-17,23H,1,9-15H2,2-7H3. The molecule has 0 aliphatic carbocycles. The van der Waals surface area contributed by atoms with Crippen LogP contribution in [0.4, 0.5) is 4.79 Å². The van der Waals surface area contributed by atoms with Gasteiger partial charge in [-0.3, -0.25) is 4.98 Å². The number of hydrogen-bond donors (Lipinski definition) is 0. The zero-order valence-corrected chi connectivity index (χ0v) is 22.8. The zero-order valence-electron chi connectivity index (χ0n) is 22.8. The van der Waals surface area contributed by atoms with Gasteiger partial charge >= 0.3 is 6.09 Å². The molecule has 1 fully saturated rings. The molecular weight excluding hydrogens is 472 g/mol. The van der Waals surface area contributed by atoms with Gasteiger partial charge in [0, 0.05) is 25.6 Å². The number of aromatic nitrogens is 5. The quantitative estimate of drug-likeness (QED) is 0.415. The minimum atomic E-state index is -0.552. The van der Waals surface area contributed by atoms with E-state index < -0.39 is 5.60 Å². The van der Waals surface area contributed by atoms with Gasteiger partial charge in [-0.15, -0.1) is 0 Å². The van der Waals surface area contributed by atoms with Gasteiger partial charge < -0.3 is 19.1 Å². The Hall–Kier alpha value is -3.40. The van der Waals surface area contributed by atoms with E-state index >= 15 is 0 Å². The van der Waals surface area contributed by atoms with Crippen molar-refractivity contribution in [3.8, 4) is 17.1 Å². The fourth-order valence-electron chi connectivity index (χ4n) is 4.54. The maximum absolute atomic E-state index is 12.5. The number of likely N-dealkylation sites (N-methyl/N-ethyl adjacent to an activating group) is 1. The van der Waals surface area contributed by atoms with Crippen molar-refractivity contribution in [3.05, 3.63) is 30.2 Å². The molecule has 0 radical (unpaired) electrons. The molecule has 4 heterocycles. The van der Waals surface area contributed by atoms with Gasteiger partial charge in [-0.1, -0.05) is 6.58 Å². The second-order valence-electron chi connectivity index (χ2n) is 10.2. The van der Waals surface area contributed by atoms with Gasteiger partial charge in [0.15, 0.2) is 6.23 Å². The van der Waals surface area contributed by atoms with Crippen LogP contribution in [0, 0.1) is 6.92 Å². The summed E-state index contributed by atoms with van der Waals surface area (Å²) in [6, 6.07) is 2.01. The van der Waals surface area contributed by atoms with E-state index in [9.17, 15) is 4.79 Å². The summed E-state index contributed by atoms with van der Waals surface area (Å²) in [6.45, 7) is 15.3. The fourth-order valence-corrected chi connectivity index (χ4v) is 4.54. The number of hydrogen-bond acceptors (Lipinski definition) is 7. The summed E-state index contributed by atoms with van der Waals surface area (Å²) in [6.07, 6.45) is 6.25. The Labute approximate surface area is 218 Å². The molecule has 1 atom stereocenters. The Bertz CT molecular complexity index is 1270. The minimum absolute atomic E-state index is 0.0943. The molecule has 10 heteroatoms. The van der Waals surface area contributed by atoms with Crippen molar-refractivity contribution in [1.82, 2.24) is 29.4 Å². The van der Waals surface area contributed by atoms with Gasteiger partial charge in [0.2, 0.25) is 5.88 Å². The van der Waals surface area contributed by atoms with Crippen LogP contribution in [-0.2, 0) is 16.5 Å². The van der Waals surface area contributed by atoms with Crippen LogP contribution in [0.15, 0.2) is 18.8 Å². The van der Waals surface area contributed by atoms with Crippen LogP contribution in [0.5, 0.6) is 5.88 Å². The average molecular weight is 511 g/mol. The topological polar surface area (TPSA) is 96.5 Å². The second-order valence-corrected chi connectivity index (χ2v) is 10.2. The average Bonchev–Trinajstić information content (AvgIpc) is 3.36. The molecule has 4 rings (SSSR count). The van der Waals surface area contributed by atoms with Crippen molar-refractivity contribution in [1.29, 1.82) is 0 Å². The van der Waals surface area contributed by atoms with E-state index in [2.05, 4.69) is 11.7 Å². The lowest BCUT2D eigenvalue weighted by atomic mass is 10.1. The molecule has 1 amide bonds. The highest BCUT2D eigenvalue weighted by atomic mass is 16.6. The summed E-state index contributed by atoms with van der Waals surface area (Å²) < 4.78 is 21.3. The highest BCUT2D eigenvalue weighted by Crippen LogP contribution is 2.35. The normalized spacial score (nSPS) is 16.1. The molecule has 200 valence electrons. The predicted octanol–water partition coefficient (Wildman–Crippen LogP) is 5.12. The number of pyridine rings is 1. The summed E-state index contributed by atoms with van der Waals surface area (Å²) in [5, 5.41) is 10.3. The van der Waals surface area contributed by atoms with Crippen LogP contribution in [0.1, 0.15) is 64.6 Å². The van der Waals surface area contributed by atoms with E-state index in [0.717, 1.165) is 59.4 Å². The Kier molecular flexibility index (Phi) is 7.87. The zero-order chi connectivity index (χ0) is 26.7. The Morgan fingerprint density at radius 3 is 2.76 bits per heavy atom. The Morgan fingerprint density at radius 1 is 1.32 bits per heavy atom. The molecule has 1 saturated heterocycles. The summed E-state index contributed by atoms with van der Waals surface area (Å²) in [7, 11) is 1.84. The van der Waals surface area contributed by atoms with Crippen LogP contribution in [0.25, 0.3) is 28.2 Å². The number of fused-ring (bicyclic) bond motifs is 1. The summed E-state index contributed by atoms with van der Waals surface area (Å²) >= 11 is 0. The fraction of sp³-hybridized carbons (Fsp3) is 0.556. The van der Waals surface area contributed by atoms with Gasteiger partial charge in [-0.2, -0.15) is 10.2 Å². The number of amides is 1. The molecule has 0 bridgehead atoms. The smallest absolute Gasteiger partial charge is 0.410 e. The molecule has 1 aliphatic rings. The monoisotopic (exact) mass is 510 g/mol. The number of nitrogens with zero attached hydrogens (tertiary/aromatic N) is 6. The maximum Gasteiger partial charge on any atom is 0.410 e. The van der Waals surface area contributed by atoms with Crippen molar-refractivity contribution in [3.63, 3.8) is 0 Å². The Morgan fingerprint density at radius 2 is 2.11 bits per heavy atom. The van der Waals surface area contributed by atoms with Gasteiger partial charge in [-0.05, 0) is 66.0 Å². The van der Waals surface area contributed by atoms with Crippen LogP contribution in [0.2, 0.25) is 0 Å². The first-order valence-electron chi connectivity index (χ1n) is 12.9. The third kappa shape index (κ3) is 5.79. The van der Waals surface area contributed by atoms with Crippen molar-refractivity contribution >= 4 is 23.1 Å². The first-order valence-corrected chi connectivity index (χ1v) is 12.9.